The molecule has 7 heteroatoms. The maximum absolute atomic E-state index is 13.0. The number of hydrogen-bond donors (Lipinski definition) is 1. The number of rotatable bonds is 1. The zero-order valence-corrected chi connectivity index (χ0v) is 16.6. The Labute approximate surface area is 161 Å². The third-order valence-corrected chi connectivity index (χ3v) is 6.94. The largest absolute Gasteiger partial charge is 0.338 e. The number of likely N-dealkylation sites (tertiary alicyclic amines) is 1. The van der Waals surface area contributed by atoms with Crippen molar-refractivity contribution in [1.82, 2.24) is 15.2 Å². The van der Waals surface area contributed by atoms with E-state index >= 15 is 0 Å². The van der Waals surface area contributed by atoms with Gasteiger partial charge in [-0.05, 0) is 31.0 Å². The highest BCUT2D eigenvalue weighted by atomic mass is 32.1. The van der Waals surface area contributed by atoms with Crippen molar-refractivity contribution in [3.63, 3.8) is 0 Å². The predicted octanol–water partition coefficient (Wildman–Crippen LogP) is 2.86. The minimum Gasteiger partial charge on any atom is -0.338 e. The number of imide groups is 1. The molecule has 1 atom stereocenters. The average molecular weight is 385 g/mol. The summed E-state index contributed by atoms with van der Waals surface area (Å²) < 4.78 is 1.07. The van der Waals surface area contributed by atoms with Gasteiger partial charge in [-0.3, -0.25) is 19.7 Å². The summed E-state index contributed by atoms with van der Waals surface area (Å²) >= 11 is 1.65. The normalized spacial score (nSPS) is 23.3. The van der Waals surface area contributed by atoms with Gasteiger partial charge in [-0.1, -0.05) is 20.8 Å². The Morgan fingerprint density at radius 3 is 2.74 bits per heavy atom. The summed E-state index contributed by atoms with van der Waals surface area (Å²) in [5.74, 6) is -0.540. The lowest BCUT2D eigenvalue weighted by atomic mass is 9.79. The Hall–Kier alpha value is -2.28. The highest BCUT2D eigenvalue weighted by Crippen LogP contribution is 2.38. The van der Waals surface area contributed by atoms with Crippen LogP contribution in [0.4, 0.5) is 0 Å². The summed E-state index contributed by atoms with van der Waals surface area (Å²) in [4.78, 5) is 43.2. The Kier molecular flexibility index (Phi) is 4.10. The van der Waals surface area contributed by atoms with E-state index in [9.17, 15) is 14.4 Å². The van der Waals surface area contributed by atoms with Gasteiger partial charge >= 0.3 is 0 Å². The lowest BCUT2D eigenvalue weighted by Gasteiger charge is -2.31. The zero-order valence-electron chi connectivity index (χ0n) is 15.8. The van der Waals surface area contributed by atoms with E-state index in [4.69, 9.17) is 4.98 Å². The van der Waals surface area contributed by atoms with Crippen LogP contribution < -0.4 is 5.32 Å². The highest BCUT2D eigenvalue weighted by Gasteiger charge is 2.48. The van der Waals surface area contributed by atoms with Gasteiger partial charge in [0.1, 0.15) is 0 Å². The summed E-state index contributed by atoms with van der Waals surface area (Å²) in [6.45, 7) is 7.28. The lowest BCUT2D eigenvalue weighted by Crippen LogP contribution is -2.50. The van der Waals surface area contributed by atoms with Crippen LogP contribution in [0.25, 0.3) is 10.2 Å². The van der Waals surface area contributed by atoms with Gasteiger partial charge in [-0.25, -0.2) is 4.98 Å². The molecular weight excluding hydrogens is 362 g/mol. The SMILES string of the molecule is CC(C)(C)c1nc2cc(C(=O)N3CCC4(CCC(=O)NC4=O)C3)ccc2s1. The molecule has 0 bridgehead atoms. The van der Waals surface area contributed by atoms with Crippen LogP contribution in [0.15, 0.2) is 18.2 Å². The molecule has 27 heavy (non-hydrogen) atoms. The molecule has 1 N–H and O–H groups in total. The minimum atomic E-state index is -0.617. The number of benzene rings is 1. The average Bonchev–Trinajstić information content (AvgIpc) is 3.22. The molecule has 2 aliphatic rings. The van der Waals surface area contributed by atoms with E-state index in [1.54, 1.807) is 16.2 Å². The molecule has 0 aliphatic carbocycles. The number of aromatic nitrogens is 1. The van der Waals surface area contributed by atoms with Crippen molar-refractivity contribution < 1.29 is 14.4 Å². The molecule has 1 aromatic heterocycles. The van der Waals surface area contributed by atoms with Crippen LogP contribution in [0.1, 0.15) is 55.4 Å². The van der Waals surface area contributed by atoms with Crippen LogP contribution >= 0.6 is 11.3 Å². The van der Waals surface area contributed by atoms with Crippen LogP contribution in [-0.4, -0.2) is 40.7 Å². The summed E-state index contributed by atoms with van der Waals surface area (Å²) in [7, 11) is 0. The molecule has 0 radical (unpaired) electrons. The number of nitrogens with one attached hydrogen (secondary N) is 1. The van der Waals surface area contributed by atoms with Gasteiger partial charge in [0.25, 0.3) is 5.91 Å². The number of piperidine rings is 1. The molecular formula is C20H23N3O3S. The van der Waals surface area contributed by atoms with E-state index < -0.39 is 5.41 Å². The third-order valence-electron chi connectivity index (χ3n) is 5.48. The molecule has 4 rings (SSSR count). The van der Waals surface area contributed by atoms with Crippen LogP contribution in [-0.2, 0) is 15.0 Å². The number of carbonyl (C=O) groups is 3. The van der Waals surface area contributed by atoms with E-state index in [1.165, 1.54) is 0 Å². The molecule has 142 valence electrons. The first-order valence-corrected chi connectivity index (χ1v) is 10.0. The van der Waals surface area contributed by atoms with Gasteiger partial charge in [0, 0.05) is 30.5 Å². The molecule has 1 unspecified atom stereocenters. The second kappa shape index (κ2) is 6.12. The summed E-state index contributed by atoms with van der Waals surface area (Å²) in [5, 5.41) is 3.47. The van der Waals surface area contributed by atoms with Crippen LogP contribution in [0.2, 0.25) is 0 Å². The summed E-state index contributed by atoms with van der Waals surface area (Å²) in [6.07, 6.45) is 1.46. The molecule has 1 spiro atoms. The number of nitrogens with zero attached hydrogens (tertiary/aromatic N) is 2. The first-order valence-electron chi connectivity index (χ1n) is 9.23. The van der Waals surface area contributed by atoms with Gasteiger partial charge in [0.15, 0.2) is 0 Å². The van der Waals surface area contributed by atoms with Crippen LogP contribution in [0.5, 0.6) is 0 Å². The second-order valence-electron chi connectivity index (χ2n) is 8.59. The van der Waals surface area contributed by atoms with Crippen LogP contribution in [0.3, 0.4) is 0 Å². The van der Waals surface area contributed by atoms with E-state index in [-0.39, 0.29) is 23.1 Å². The van der Waals surface area contributed by atoms with Crippen molar-refractivity contribution in [2.45, 2.75) is 45.4 Å². The van der Waals surface area contributed by atoms with Crippen molar-refractivity contribution in [1.29, 1.82) is 0 Å². The molecule has 2 saturated heterocycles. The monoisotopic (exact) mass is 385 g/mol. The van der Waals surface area contributed by atoms with E-state index in [1.807, 2.05) is 18.2 Å². The molecule has 0 saturated carbocycles. The fraction of sp³-hybridized carbons (Fsp3) is 0.500. The molecule has 3 amide bonds. The van der Waals surface area contributed by atoms with Gasteiger partial charge < -0.3 is 4.90 Å². The van der Waals surface area contributed by atoms with Crippen molar-refractivity contribution in [2.24, 2.45) is 5.41 Å². The van der Waals surface area contributed by atoms with Crippen molar-refractivity contribution in [3.05, 3.63) is 28.8 Å². The minimum absolute atomic E-state index is 0.0268. The smallest absolute Gasteiger partial charge is 0.253 e. The Morgan fingerprint density at radius 1 is 1.26 bits per heavy atom. The summed E-state index contributed by atoms with van der Waals surface area (Å²) in [6, 6.07) is 5.64. The zero-order chi connectivity index (χ0) is 19.4. The molecule has 2 fully saturated rings. The number of hydrogen-bond acceptors (Lipinski definition) is 5. The van der Waals surface area contributed by atoms with Crippen LogP contribution in [0, 0.1) is 5.41 Å². The molecule has 3 heterocycles. The van der Waals surface area contributed by atoms with Gasteiger partial charge in [0.2, 0.25) is 11.8 Å². The number of thiazole rings is 1. The lowest BCUT2D eigenvalue weighted by molar-refractivity contribution is -0.141. The van der Waals surface area contributed by atoms with Crippen molar-refractivity contribution in [3.8, 4) is 0 Å². The maximum atomic E-state index is 13.0. The topological polar surface area (TPSA) is 79.4 Å². The second-order valence-corrected chi connectivity index (χ2v) is 9.62. The standard InChI is InChI=1S/C20H23N3O3S/c1-19(2,3)18-21-13-10-12(4-5-14(13)27-18)16(25)23-9-8-20(11-23)7-6-15(24)22-17(20)26/h4-5,10H,6-9,11H2,1-3H3,(H,22,24,26). The fourth-order valence-electron chi connectivity index (χ4n) is 3.79. The number of carbonyl (C=O) groups excluding carboxylic acids is 3. The number of fused-ring (bicyclic) bond motifs is 1. The third kappa shape index (κ3) is 3.14. The first kappa shape index (κ1) is 18.1. The van der Waals surface area contributed by atoms with Crippen molar-refractivity contribution in [2.75, 3.05) is 13.1 Å². The Balaban J connectivity index is 1.56. The van der Waals surface area contributed by atoms with E-state index in [0.29, 0.717) is 37.9 Å². The molecule has 2 aromatic rings. The predicted molar refractivity (Wildman–Crippen MR) is 104 cm³/mol. The van der Waals surface area contributed by atoms with Gasteiger partial charge in [-0.15, -0.1) is 11.3 Å². The Bertz CT molecular complexity index is 959. The quantitative estimate of drug-likeness (QED) is 0.766. The van der Waals surface area contributed by atoms with Gasteiger partial charge in [0.05, 0.1) is 20.6 Å². The summed E-state index contributed by atoms with van der Waals surface area (Å²) in [5.41, 5.74) is 0.789. The Morgan fingerprint density at radius 2 is 2.04 bits per heavy atom. The van der Waals surface area contributed by atoms with Gasteiger partial charge in [-0.2, -0.15) is 0 Å². The molecule has 6 nitrogen and oxygen atoms in total. The molecule has 1 aromatic carbocycles. The molecule has 2 aliphatic heterocycles. The maximum Gasteiger partial charge on any atom is 0.253 e. The van der Waals surface area contributed by atoms with E-state index in [0.717, 1.165) is 15.2 Å². The number of amides is 3. The fourth-order valence-corrected chi connectivity index (χ4v) is 4.79. The first-order chi connectivity index (χ1) is 12.7. The van der Waals surface area contributed by atoms with Crippen molar-refractivity contribution >= 4 is 39.3 Å². The van der Waals surface area contributed by atoms with E-state index in [2.05, 4.69) is 26.1 Å². The highest BCUT2D eigenvalue weighted by molar-refractivity contribution is 7.18.